The number of carbonyl (C=O) groups is 3. The van der Waals surface area contributed by atoms with Gasteiger partial charge >= 0.3 is 18.2 Å². The van der Waals surface area contributed by atoms with Gasteiger partial charge < -0.3 is 15.0 Å². The third kappa shape index (κ3) is 5.47. The van der Waals surface area contributed by atoms with Crippen LogP contribution < -0.4 is 5.32 Å². The van der Waals surface area contributed by atoms with Crippen molar-refractivity contribution in [2.24, 2.45) is 5.92 Å². The monoisotopic (exact) mass is 358 g/mol. The second-order valence-corrected chi connectivity index (χ2v) is 5.61. The number of hydrogen-bond acceptors (Lipinski definition) is 4. The molecule has 1 N–H and O–H groups in total. The van der Waals surface area contributed by atoms with E-state index in [0.717, 1.165) is 5.56 Å². The number of hydrogen-bond donors (Lipinski definition) is 1. The molecule has 1 aliphatic rings. The van der Waals surface area contributed by atoms with Crippen molar-refractivity contribution in [1.29, 1.82) is 0 Å². The summed E-state index contributed by atoms with van der Waals surface area (Å²) in [4.78, 5) is 35.9. The van der Waals surface area contributed by atoms with Crippen LogP contribution in [-0.2, 0) is 20.9 Å². The molecule has 9 heteroatoms. The summed E-state index contributed by atoms with van der Waals surface area (Å²) in [6.07, 6.45) is -5.65. The lowest BCUT2D eigenvalue weighted by Gasteiger charge is -2.31. The zero-order valence-corrected chi connectivity index (χ0v) is 13.2. The van der Waals surface area contributed by atoms with Crippen LogP contribution in [0.4, 0.5) is 18.0 Å². The molecule has 1 aromatic carbocycles. The first-order valence-electron chi connectivity index (χ1n) is 7.60. The normalized spacial score (nSPS) is 18.0. The number of carbonyl (C=O) groups excluding carboxylic acids is 3. The van der Waals surface area contributed by atoms with Crippen molar-refractivity contribution in [2.75, 3.05) is 19.6 Å². The molecule has 0 aliphatic carbocycles. The third-order valence-electron chi connectivity index (χ3n) is 3.75. The number of ketones is 1. The Balaban J connectivity index is 1.85. The Hall–Kier alpha value is -2.58. The van der Waals surface area contributed by atoms with Crippen LogP contribution >= 0.6 is 0 Å². The number of ether oxygens (including phenoxy) is 1. The number of halogens is 3. The molecular formula is C16H17F3N2O4. The Kier molecular flexibility index (Phi) is 6.00. The Morgan fingerprint density at radius 1 is 1.24 bits per heavy atom. The molecule has 1 aliphatic heterocycles. The molecule has 6 nitrogen and oxygen atoms in total. The second kappa shape index (κ2) is 8.00. The fourth-order valence-corrected chi connectivity index (χ4v) is 2.38. The Morgan fingerprint density at radius 2 is 1.92 bits per heavy atom. The zero-order valence-electron chi connectivity index (χ0n) is 13.2. The SMILES string of the molecule is O=C1CCN(C(=O)OCc2ccccc2)CC1CNC(=O)C(F)(F)F. The van der Waals surface area contributed by atoms with Crippen LogP contribution in [0, 0.1) is 5.92 Å². The fraction of sp³-hybridized carbons (Fsp3) is 0.438. The number of alkyl halides is 3. The predicted octanol–water partition coefficient (Wildman–Crippen LogP) is 1.89. The van der Waals surface area contributed by atoms with Gasteiger partial charge in [0.25, 0.3) is 0 Å². The molecule has 1 saturated heterocycles. The first kappa shape index (κ1) is 18.8. The standard InChI is InChI=1S/C16H17F3N2O4/c17-16(18,19)14(23)20-8-12-9-21(7-6-13(12)22)15(24)25-10-11-4-2-1-3-5-11/h1-5,12H,6-10H2,(H,20,23). The van der Waals surface area contributed by atoms with Gasteiger partial charge in [0.15, 0.2) is 0 Å². The maximum absolute atomic E-state index is 12.2. The number of nitrogens with one attached hydrogen (secondary N) is 1. The van der Waals surface area contributed by atoms with Gasteiger partial charge in [-0.15, -0.1) is 0 Å². The number of piperidine rings is 1. The predicted molar refractivity (Wildman–Crippen MR) is 80.4 cm³/mol. The molecule has 1 unspecified atom stereocenters. The van der Waals surface area contributed by atoms with Crippen molar-refractivity contribution in [1.82, 2.24) is 10.2 Å². The zero-order chi connectivity index (χ0) is 18.4. The number of nitrogens with zero attached hydrogens (tertiary/aromatic N) is 1. The summed E-state index contributed by atoms with van der Waals surface area (Å²) >= 11 is 0. The van der Waals surface area contributed by atoms with Crippen molar-refractivity contribution in [2.45, 2.75) is 19.2 Å². The van der Waals surface area contributed by atoms with Gasteiger partial charge in [-0.05, 0) is 5.56 Å². The van der Waals surface area contributed by atoms with E-state index in [9.17, 15) is 27.6 Å². The third-order valence-corrected chi connectivity index (χ3v) is 3.75. The summed E-state index contributed by atoms with van der Waals surface area (Å²) in [6, 6.07) is 8.97. The minimum atomic E-state index is -5.01. The van der Waals surface area contributed by atoms with Crippen molar-refractivity contribution in [3.05, 3.63) is 35.9 Å². The van der Waals surface area contributed by atoms with Crippen molar-refractivity contribution < 1.29 is 32.3 Å². The van der Waals surface area contributed by atoms with Gasteiger partial charge in [0.05, 0.1) is 5.92 Å². The molecule has 1 heterocycles. The van der Waals surface area contributed by atoms with Crippen molar-refractivity contribution >= 4 is 17.8 Å². The van der Waals surface area contributed by atoms with E-state index < -0.39 is 30.6 Å². The van der Waals surface area contributed by atoms with E-state index >= 15 is 0 Å². The topological polar surface area (TPSA) is 75.7 Å². The summed E-state index contributed by atoms with van der Waals surface area (Å²) in [5, 5.41) is 1.68. The van der Waals surface area contributed by atoms with E-state index in [1.807, 2.05) is 6.07 Å². The Morgan fingerprint density at radius 3 is 2.56 bits per heavy atom. The average Bonchev–Trinajstić information content (AvgIpc) is 2.58. The van der Waals surface area contributed by atoms with Crippen LogP contribution in [-0.4, -0.2) is 48.5 Å². The largest absolute Gasteiger partial charge is 0.471 e. The lowest BCUT2D eigenvalue weighted by Crippen LogP contribution is -2.49. The van der Waals surface area contributed by atoms with Crippen LogP contribution in [0.2, 0.25) is 0 Å². The molecule has 0 saturated carbocycles. The molecule has 25 heavy (non-hydrogen) atoms. The van der Waals surface area contributed by atoms with E-state index in [-0.39, 0.29) is 31.9 Å². The van der Waals surface area contributed by atoms with Crippen LogP contribution in [0.5, 0.6) is 0 Å². The van der Waals surface area contributed by atoms with Crippen LogP contribution in [0.1, 0.15) is 12.0 Å². The maximum atomic E-state index is 12.2. The summed E-state index contributed by atoms with van der Waals surface area (Å²) in [7, 11) is 0. The minimum absolute atomic E-state index is 0.00694. The first-order chi connectivity index (χ1) is 11.8. The summed E-state index contributed by atoms with van der Waals surface area (Å²) < 4.78 is 41.7. The van der Waals surface area contributed by atoms with E-state index in [2.05, 4.69) is 0 Å². The summed E-state index contributed by atoms with van der Waals surface area (Å²) in [5.41, 5.74) is 0.790. The summed E-state index contributed by atoms with van der Waals surface area (Å²) in [6.45, 7) is -0.375. The molecule has 2 rings (SSSR count). The highest BCUT2D eigenvalue weighted by Gasteiger charge is 2.39. The number of Topliss-reactive ketones (excluding diaryl/α,β-unsaturated/α-hetero) is 1. The molecule has 2 amide bonds. The molecule has 1 atom stereocenters. The Bertz CT molecular complexity index is 634. The number of amides is 2. The van der Waals surface area contributed by atoms with Gasteiger partial charge in [-0.2, -0.15) is 13.2 Å². The quantitative estimate of drug-likeness (QED) is 0.892. The average molecular weight is 358 g/mol. The van der Waals surface area contributed by atoms with Crippen LogP contribution in [0.3, 0.4) is 0 Å². The molecule has 0 bridgehead atoms. The van der Waals surface area contributed by atoms with Gasteiger partial charge in [-0.3, -0.25) is 9.59 Å². The lowest BCUT2D eigenvalue weighted by molar-refractivity contribution is -0.173. The van der Waals surface area contributed by atoms with Gasteiger partial charge in [0, 0.05) is 26.1 Å². The number of benzene rings is 1. The highest BCUT2D eigenvalue weighted by atomic mass is 19.4. The molecule has 1 fully saturated rings. The molecular weight excluding hydrogens is 341 g/mol. The molecule has 0 radical (unpaired) electrons. The first-order valence-corrected chi connectivity index (χ1v) is 7.60. The molecule has 136 valence electrons. The molecule has 0 aromatic heterocycles. The Labute approximate surface area is 141 Å². The number of rotatable bonds is 4. The fourth-order valence-electron chi connectivity index (χ4n) is 2.38. The van der Waals surface area contributed by atoms with Gasteiger partial charge in [0.1, 0.15) is 12.4 Å². The molecule has 0 spiro atoms. The summed E-state index contributed by atoms with van der Waals surface area (Å²) in [5.74, 6) is -3.29. The minimum Gasteiger partial charge on any atom is -0.445 e. The van der Waals surface area contributed by atoms with E-state index in [0.29, 0.717) is 0 Å². The van der Waals surface area contributed by atoms with Crippen LogP contribution in [0.15, 0.2) is 30.3 Å². The van der Waals surface area contributed by atoms with Crippen molar-refractivity contribution in [3.8, 4) is 0 Å². The van der Waals surface area contributed by atoms with Gasteiger partial charge in [-0.25, -0.2) is 4.79 Å². The van der Waals surface area contributed by atoms with Gasteiger partial charge in [-0.1, -0.05) is 30.3 Å². The van der Waals surface area contributed by atoms with E-state index in [1.165, 1.54) is 4.90 Å². The van der Waals surface area contributed by atoms with Crippen molar-refractivity contribution in [3.63, 3.8) is 0 Å². The van der Waals surface area contributed by atoms with E-state index in [1.54, 1.807) is 29.6 Å². The highest BCUT2D eigenvalue weighted by molar-refractivity contribution is 5.86. The lowest BCUT2D eigenvalue weighted by atomic mass is 9.96. The highest BCUT2D eigenvalue weighted by Crippen LogP contribution is 2.17. The van der Waals surface area contributed by atoms with Gasteiger partial charge in [0.2, 0.25) is 0 Å². The molecule has 1 aromatic rings. The number of likely N-dealkylation sites (tertiary alicyclic amines) is 1. The van der Waals surface area contributed by atoms with Crippen LogP contribution in [0.25, 0.3) is 0 Å². The maximum Gasteiger partial charge on any atom is 0.471 e. The van der Waals surface area contributed by atoms with E-state index in [4.69, 9.17) is 4.74 Å². The smallest absolute Gasteiger partial charge is 0.445 e. The second-order valence-electron chi connectivity index (χ2n) is 5.61.